The van der Waals surface area contributed by atoms with Crippen molar-refractivity contribution in [3.05, 3.63) is 106 Å². The van der Waals surface area contributed by atoms with Gasteiger partial charge >= 0.3 is 0 Å². The summed E-state index contributed by atoms with van der Waals surface area (Å²) in [5, 5.41) is 2.65. The molecule has 1 nitrogen and oxygen atoms in total. The average Bonchev–Trinajstić information content (AvgIpc) is 3.05. The minimum Gasteiger partial charge on any atom is -0.361 e. The van der Waals surface area contributed by atoms with Crippen molar-refractivity contribution in [2.24, 2.45) is 0 Å². The van der Waals surface area contributed by atoms with E-state index in [4.69, 9.17) is 23.2 Å². The standard InChI is InChI=1S/C22H15Cl2N/c23-18-9-5-15(6-10-18)21(16-7-11-19(24)12-8-16)13-17-14-25-22-4-2-1-3-20(17)22/h1-14,25H. The topological polar surface area (TPSA) is 15.8 Å². The van der Waals surface area contributed by atoms with Gasteiger partial charge in [-0.15, -0.1) is 0 Å². The van der Waals surface area contributed by atoms with Crippen LogP contribution in [0.3, 0.4) is 0 Å². The van der Waals surface area contributed by atoms with Gasteiger partial charge in [0.2, 0.25) is 0 Å². The molecule has 0 saturated carbocycles. The molecule has 1 N–H and O–H groups in total. The van der Waals surface area contributed by atoms with Crippen LogP contribution in [0.25, 0.3) is 22.6 Å². The van der Waals surface area contributed by atoms with Crippen molar-refractivity contribution in [3.8, 4) is 0 Å². The molecule has 0 atom stereocenters. The Morgan fingerprint density at radius 3 is 1.88 bits per heavy atom. The quantitative estimate of drug-likeness (QED) is 0.400. The first-order valence-corrected chi connectivity index (χ1v) is 8.76. The Kier molecular flexibility index (Phi) is 4.35. The largest absolute Gasteiger partial charge is 0.361 e. The monoisotopic (exact) mass is 363 g/mol. The molecule has 25 heavy (non-hydrogen) atoms. The van der Waals surface area contributed by atoms with E-state index in [-0.39, 0.29) is 0 Å². The molecule has 1 aromatic heterocycles. The Labute approximate surface area is 156 Å². The normalized spacial score (nSPS) is 10.8. The summed E-state index contributed by atoms with van der Waals surface area (Å²) in [4.78, 5) is 3.33. The zero-order chi connectivity index (χ0) is 17.2. The summed E-state index contributed by atoms with van der Waals surface area (Å²) in [5.74, 6) is 0. The number of H-pyrrole nitrogens is 1. The molecule has 0 spiro atoms. The highest BCUT2D eigenvalue weighted by Gasteiger charge is 2.08. The third kappa shape index (κ3) is 3.34. The van der Waals surface area contributed by atoms with Gasteiger partial charge in [0.05, 0.1) is 0 Å². The lowest BCUT2D eigenvalue weighted by Gasteiger charge is -2.09. The second-order valence-corrected chi connectivity index (χ2v) is 6.73. The third-order valence-corrected chi connectivity index (χ3v) is 4.74. The molecule has 0 radical (unpaired) electrons. The number of nitrogens with one attached hydrogen (secondary N) is 1. The summed E-state index contributed by atoms with van der Waals surface area (Å²) in [6.45, 7) is 0. The van der Waals surface area contributed by atoms with Gasteiger partial charge in [0.1, 0.15) is 0 Å². The number of hydrogen-bond donors (Lipinski definition) is 1. The molecule has 0 fully saturated rings. The van der Waals surface area contributed by atoms with Crippen molar-refractivity contribution >= 4 is 45.8 Å². The summed E-state index contributed by atoms with van der Waals surface area (Å²) in [5.41, 5.74) is 5.61. The van der Waals surface area contributed by atoms with Crippen molar-refractivity contribution in [2.45, 2.75) is 0 Å². The fraction of sp³-hybridized carbons (Fsp3) is 0. The summed E-state index contributed by atoms with van der Waals surface area (Å²) in [6.07, 6.45) is 4.24. The molecular formula is C22H15Cl2N. The van der Waals surface area contributed by atoms with Crippen molar-refractivity contribution in [1.29, 1.82) is 0 Å². The highest BCUT2D eigenvalue weighted by molar-refractivity contribution is 6.31. The minimum atomic E-state index is 0.728. The predicted octanol–water partition coefficient (Wildman–Crippen LogP) is 7.06. The van der Waals surface area contributed by atoms with Crippen LogP contribution in [0.2, 0.25) is 10.0 Å². The van der Waals surface area contributed by atoms with Gasteiger partial charge in [0.25, 0.3) is 0 Å². The summed E-state index contributed by atoms with van der Waals surface area (Å²) in [6, 6.07) is 24.1. The van der Waals surface area contributed by atoms with Gasteiger partial charge in [0, 0.05) is 32.7 Å². The molecule has 0 amide bonds. The molecule has 4 aromatic rings. The van der Waals surface area contributed by atoms with E-state index in [1.54, 1.807) is 0 Å². The lowest BCUT2D eigenvalue weighted by Crippen LogP contribution is -1.88. The first kappa shape index (κ1) is 16.0. The molecule has 1 heterocycles. The molecule has 0 saturated heterocycles. The van der Waals surface area contributed by atoms with E-state index in [1.807, 2.05) is 60.8 Å². The molecule has 3 heteroatoms. The predicted molar refractivity (Wildman–Crippen MR) is 108 cm³/mol. The lowest BCUT2D eigenvalue weighted by molar-refractivity contribution is 1.47. The van der Waals surface area contributed by atoms with Crippen LogP contribution in [0.4, 0.5) is 0 Å². The molecule has 0 aliphatic carbocycles. The minimum absolute atomic E-state index is 0.728. The van der Waals surface area contributed by atoms with Gasteiger partial charge in [-0.1, -0.05) is 65.7 Å². The number of fused-ring (bicyclic) bond motifs is 1. The SMILES string of the molecule is Clc1ccc(C(=Cc2c[nH]c3ccccc23)c2ccc(Cl)cc2)cc1. The van der Waals surface area contributed by atoms with Crippen LogP contribution in [0.5, 0.6) is 0 Å². The Morgan fingerprint density at radius 2 is 1.28 bits per heavy atom. The molecule has 4 rings (SSSR count). The second kappa shape index (κ2) is 6.79. The van der Waals surface area contributed by atoms with Crippen LogP contribution in [-0.2, 0) is 0 Å². The molecular weight excluding hydrogens is 349 g/mol. The summed E-state index contributed by atoms with van der Waals surface area (Å²) >= 11 is 12.1. The highest BCUT2D eigenvalue weighted by atomic mass is 35.5. The lowest BCUT2D eigenvalue weighted by atomic mass is 9.95. The Morgan fingerprint density at radius 1 is 0.720 bits per heavy atom. The van der Waals surface area contributed by atoms with E-state index in [1.165, 1.54) is 5.39 Å². The van der Waals surface area contributed by atoms with E-state index in [2.05, 4.69) is 29.3 Å². The molecule has 122 valence electrons. The number of rotatable bonds is 3. The number of para-hydroxylation sites is 1. The first-order chi connectivity index (χ1) is 12.2. The fourth-order valence-electron chi connectivity index (χ4n) is 2.96. The average molecular weight is 364 g/mol. The van der Waals surface area contributed by atoms with E-state index in [0.717, 1.165) is 37.8 Å². The van der Waals surface area contributed by atoms with E-state index < -0.39 is 0 Å². The second-order valence-electron chi connectivity index (χ2n) is 5.86. The van der Waals surface area contributed by atoms with Crippen LogP contribution in [0.1, 0.15) is 16.7 Å². The molecule has 0 aliphatic heterocycles. The van der Waals surface area contributed by atoms with Crippen molar-refractivity contribution in [3.63, 3.8) is 0 Å². The first-order valence-electron chi connectivity index (χ1n) is 8.00. The maximum Gasteiger partial charge on any atom is 0.0460 e. The van der Waals surface area contributed by atoms with E-state index >= 15 is 0 Å². The van der Waals surface area contributed by atoms with Gasteiger partial charge in [-0.2, -0.15) is 0 Å². The smallest absolute Gasteiger partial charge is 0.0460 e. The van der Waals surface area contributed by atoms with Gasteiger partial charge in [0.15, 0.2) is 0 Å². The van der Waals surface area contributed by atoms with Gasteiger partial charge < -0.3 is 4.98 Å². The van der Waals surface area contributed by atoms with Gasteiger partial charge in [-0.3, -0.25) is 0 Å². The van der Waals surface area contributed by atoms with Crippen LogP contribution in [0.15, 0.2) is 79.0 Å². The molecule has 0 unspecified atom stereocenters. The summed E-state index contributed by atoms with van der Waals surface area (Å²) < 4.78 is 0. The molecule has 0 bridgehead atoms. The van der Waals surface area contributed by atoms with Crippen molar-refractivity contribution in [2.75, 3.05) is 0 Å². The molecule has 0 aliphatic rings. The Balaban J connectivity index is 1.90. The summed E-state index contributed by atoms with van der Waals surface area (Å²) in [7, 11) is 0. The zero-order valence-electron chi connectivity index (χ0n) is 13.3. The number of hydrogen-bond acceptors (Lipinski definition) is 0. The highest BCUT2D eigenvalue weighted by Crippen LogP contribution is 2.30. The van der Waals surface area contributed by atoms with Gasteiger partial charge in [-0.25, -0.2) is 0 Å². The number of halogens is 2. The number of benzene rings is 3. The third-order valence-electron chi connectivity index (χ3n) is 4.23. The fourth-order valence-corrected chi connectivity index (χ4v) is 3.21. The van der Waals surface area contributed by atoms with Gasteiger partial charge in [-0.05, 0) is 53.1 Å². The molecule has 3 aromatic carbocycles. The van der Waals surface area contributed by atoms with Crippen molar-refractivity contribution < 1.29 is 0 Å². The van der Waals surface area contributed by atoms with E-state index in [9.17, 15) is 0 Å². The van der Waals surface area contributed by atoms with Crippen LogP contribution < -0.4 is 0 Å². The number of aromatic nitrogens is 1. The maximum absolute atomic E-state index is 6.06. The van der Waals surface area contributed by atoms with Crippen LogP contribution >= 0.6 is 23.2 Å². The van der Waals surface area contributed by atoms with Crippen LogP contribution in [-0.4, -0.2) is 4.98 Å². The Bertz CT molecular complexity index is 994. The van der Waals surface area contributed by atoms with Crippen molar-refractivity contribution in [1.82, 2.24) is 4.98 Å². The maximum atomic E-state index is 6.06. The zero-order valence-corrected chi connectivity index (χ0v) is 14.9. The van der Waals surface area contributed by atoms with Crippen LogP contribution in [0, 0.1) is 0 Å². The van der Waals surface area contributed by atoms with E-state index in [0.29, 0.717) is 0 Å². The number of aromatic amines is 1. The Hall–Kier alpha value is -2.48.